The molecule has 3 aromatic rings. The quantitative estimate of drug-likeness (QED) is 0.362. The van der Waals surface area contributed by atoms with Crippen molar-refractivity contribution in [3.8, 4) is 0 Å². The highest BCUT2D eigenvalue weighted by atomic mass is 32.2. The number of hydrogen-bond donors (Lipinski definition) is 0. The molecule has 0 bridgehead atoms. The molecule has 0 radical (unpaired) electrons. The van der Waals surface area contributed by atoms with Crippen LogP contribution in [0.25, 0.3) is 16.3 Å². The number of fused-ring (bicyclic) bond motifs is 1. The molecule has 0 aliphatic heterocycles. The van der Waals surface area contributed by atoms with Crippen molar-refractivity contribution in [1.82, 2.24) is 4.31 Å². The molecule has 0 saturated heterocycles. The van der Waals surface area contributed by atoms with E-state index in [1.807, 2.05) is 42.5 Å². The topological polar surface area (TPSA) is 63.7 Å². The summed E-state index contributed by atoms with van der Waals surface area (Å²) in [5.41, 5.74) is 1.41. The van der Waals surface area contributed by atoms with Gasteiger partial charge in [-0.3, -0.25) is 4.79 Å². The van der Waals surface area contributed by atoms with Gasteiger partial charge >= 0.3 is 5.97 Å². The molecule has 6 heteroatoms. The van der Waals surface area contributed by atoms with Crippen molar-refractivity contribution >= 4 is 32.3 Å². The summed E-state index contributed by atoms with van der Waals surface area (Å²) in [6.45, 7) is 7.78. The lowest BCUT2D eigenvalue weighted by Gasteiger charge is -2.29. The highest BCUT2D eigenvalue weighted by Crippen LogP contribution is 2.28. The molecule has 3 rings (SSSR count). The van der Waals surface area contributed by atoms with Gasteiger partial charge in [0.15, 0.2) is 0 Å². The summed E-state index contributed by atoms with van der Waals surface area (Å²) in [7, 11) is -2.77. The number of rotatable bonds is 9. The first-order valence-electron chi connectivity index (χ1n) is 9.81. The van der Waals surface area contributed by atoms with Gasteiger partial charge in [-0.2, -0.15) is 4.31 Å². The normalized spacial score (nSPS) is 12.5. The van der Waals surface area contributed by atoms with Crippen LogP contribution in [0.1, 0.15) is 12.0 Å². The molecule has 0 aromatic heterocycles. The van der Waals surface area contributed by atoms with Gasteiger partial charge in [0.2, 0.25) is 10.0 Å². The number of esters is 1. The van der Waals surface area contributed by atoms with Gasteiger partial charge in [-0.15, -0.1) is 6.58 Å². The molecule has 5 nitrogen and oxygen atoms in total. The van der Waals surface area contributed by atoms with E-state index in [9.17, 15) is 13.2 Å². The predicted octanol–water partition coefficient (Wildman–Crippen LogP) is 4.66. The van der Waals surface area contributed by atoms with Crippen molar-refractivity contribution < 1.29 is 17.9 Å². The monoisotopic (exact) mass is 435 g/mol. The molecule has 3 aromatic carbocycles. The van der Waals surface area contributed by atoms with E-state index < -0.39 is 22.0 Å². The fourth-order valence-corrected chi connectivity index (χ4v) is 5.13. The van der Waals surface area contributed by atoms with Crippen LogP contribution in [0.3, 0.4) is 0 Å². The Balaban J connectivity index is 2.08. The second-order valence-electron chi connectivity index (χ2n) is 7.06. The van der Waals surface area contributed by atoms with Gasteiger partial charge in [0.1, 0.15) is 6.04 Å². The second-order valence-corrected chi connectivity index (χ2v) is 8.95. The molecule has 0 aliphatic carbocycles. The third-order valence-corrected chi connectivity index (χ3v) is 6.95. The zero-order valence-electron chi connectivity index (χ0n) is 17.4. The molecule has 0 amide bonds. The lowest BCUT2D eigenvalue weighted by atomic mass is 9.99. The Hall–Kier alpha value is -3.22. The van der Waals surface area contributed by atoms with Crippen LogP contribution >= 0.6 is 0 Å². The molecule has 0 N–H and O–H groups in total. The fraction of sp³-hybridized carbons (Fsp3) is 0.160. The van der Waals surface area contributed by atoms with Gasteiger partial charge in [-0.05, 0) is 40.5 Å². The van der Waals surface area contributed by atoms with E-state index >= 15 is 0 Å². The van der Waals surface area contributed by atoms with Crippen LogP contribution in [0, 0.1) is 0 Å². The molecule has 1 unspecified atom stereocenters. The third-order valence-electron chi connectivity index (χ3n) is 5.08. The lowest BCUT2D eigenvalue weighted by molar-refractivity contribution is -0.144. The van der Waals surface area contributed by atoms with Crippen molar-refractivity contribution in [3.63, 3.8) is 0 Å². The molecule has 0 heterocycles. The predicted molar refractivity (Wildman–Crippen MR) is 124 cm³/mol. The number of ether oxygens (including phenoxy) is 1. The smallest absolute Gasteiger partial charge is 0.324 e. The minimum Gasteiger partial charge on any atom is -0.468 e. The van der Waals surface area contributed by atoms with Crippen LogP contribution in [-0.2, 0) is 19.6 Å². The van der Waals surface area contributed by atoms with E-state index in [0.717, 1.165) is 20.6 Å². The number of carbonyl (C=O) groups is 1. The largest absolute Gasteiger partial charge is 0.468 e. The van der Waals surface area contributed by atoms with Gasteiger partial charge in [-0.1, -0.05) is 73.3 Å². The van der Waals surface area contributed by atoms with Gasteiger partial charge in [0.25, 0.3) is 0 Å². The summed E-state index contributed by atoms with van der Waals surface area (Å²) in [6.07, 6.45) is 1.62. The summed E-state index contributed by atoms with van der Waals surface area (Å²) in [6, 6.07) is 20.6. The lowest BCUT2D eigenvalue weighted by Crippen LogP contribution is -2.46. The maximum Gasteiger partial charge on any atom is 0.324 e. The molecule has 0 aliphatic rings. The van der Waals surface area contributed by atoms with E-state index in [4.69, 9.17) is 4.74 Å². The van der Waals surface area contributed by atoms with E-state index in [2.05, 4.69) is 13.2 Å². The number of hydrogen-bond acceptors (Lipinski definition) is 4. The van der Waals surface area contributed by atoms with Gasteiger partial charge in [0.05, 0.1) is 12.0 Å². The van der Waals surface area contributed by atoms with Gasteiger partial charge < -0.3 is 4.74 Å². The van der Waals surface area contributed by atoms with Gasteiger partial charge in [0, 0.05) is 6.54 Å². The number of benzene rings is 3. The average molecular weight is 436 g/mol. The Kier molecular flexibility index (Phi) is 7.05. The van der Waals surface area contributed by atoms with Crippen molar-refractivity contribution in [3.05, 3.63) is 97.6 Å². The van der Waals surface area contributed by atoms with E-state index in [0.29, 0.717) is 5.57 Å². The van der Waals surface area contributed by atoms with Crippen LogP contribution in [0.2, 0.25) is 0 Å². The van der Waals surface area contributed by atoms with Crippen LogP contribution in [-0.4, -0.2) is 38.4 Å². The average Bonchev–Trinajstić information content (AvgIpc) is 2.80. The van der Waals surface area contributed by atoms with Crippen LogP contribution < -0.4 is 0 Å². The second kappa shape index (κ2) is 9.73. The highest BCUT2D eigenvalue weighted by Gasteiger charge is 2.36. The van der Waals surface area contributed by atoms with Crippen molar-refractivity contribution in [2.45, 2.75) is 17.4 Å². The Morgan fingerprint density at radius 2 is 1.68 bits per heavy atom. The summed E-state index contributed by atoms with van der Waals surface area (Å²) >= 11 is 0. The summed E-state index contributed by atoms with van der Waals surface area (Å²) in [4.78, 5) is 12.6. The highest BCUT2D eigenvalue weighted by molar-refractivity contribution is 7.89. The first-order valence-corrected chi connectivity index (χ1v) is 11.3. The number of methoxy groups -OCH3 is 1. The summed E-state index contributed by atoms with van der Waals surface area (Å²) < 4.78 is 33.1. The minimum atomic E-state index is -4.01. The maximum absolute atomic E-state index is 13.5. The Morgan fingerprint density at radius 1 is 1.03 bits per heavy atom. The summed E-state index contributed by atoms with van der Waals surface area (Å²) in [5.74, 6) is -0.648. The van der Waals surface area contributed by atoms with Crippen LogP contribution in [0.15, 0.2) is 96.9 Å². The van der Waals surface area contributed by atoms with Crippen molar-refractivity contribution in [2.75, 3.05) is 13.7 Å². The number of nitrogens with zero attached hydrogens (tertiary/aromatic N) is 1. The Morgan fingerprint density at radius 3 is 2.35 bits per heavy atom. The molecule has 0 saturated carbocycles. The molecular weight excluding hydrogens is 410 g/mol. The third kappa shape index (κ3) is 4.76. The maximum atomic E-state index is 13.5. The van der Waals surface area contributed by atoms with E-state index in [1.54, 1.807) is 18.2 Å². The van der Waals surface area contributed by atoms with E-state index in [1.165, 1.54) is 25.3 Å². The van der Waals surface area contributed by atoms with Gasteiger partial charge in [-0.25, -0.2) is 8.42 Å². The van der Waals surface area contributed by atoms with E-state index in [-0.39, 0.29) is 17.9 Å². The molecule has 0 fully saturated rings. The fourth-order valence-electron chi connectivity index (χ4n) is 3.52. The first kappa shape index (κ1) is 22.5. The Labute approximate surface area is 183 Å². The summed E-state index contributed by atoms with van der Waals surface area (Å²) in [5, 5.41) is 1.99. The molecule has 160 valence electrons. The van der Waals surface area contributed by atoms with Crippen LogP contribution in [0.5, 0.6) is 0 Å². The first-order chi connectivity index (χ1) is 14.9. The molecular formula is C25H25NO4S. The Bertz CT molecular complexity index is 1200. The molecule has 1 atom stereocenters. The minimum absolute atomic E-state index is 0.0706. The van der Waals surface area contributed by atoms with Crippen molar-refractivity contribution in [1.29, 1.82) is 0 Å². The SMILES string of the molecule is C=CCC(C(=O)OC)N(CC(=C)c1cccc2ccccc12)S(=O)(=O)c1ccccc1. The zero-order valence-corrected chi connectivity index (χ0v) is 18.2. The number of sulfonamides is 1. The number of carbonyl (C=O) groups excluding carboxylic acids is 1. The zero-order chi connectivity index (χ0) is 22.4. The molecule has 31 heavy (non-hydrogen) atoms. The van der Waals surface area contributed by atoms with Crippen LogP contribution in [0.4, 0.5) is 0 Å². The molecule has 0 spiro atoms. The van der Waals surface area contributed by atoms with Crippen molar-refractivity contribution in [2.24, 2.45) is 0 Å². The standard InChI is InChI=1S/C25H25NO4S/c1-4-11-24(25(27)30-3)26(31(28,29)21-14-6-5-7-15-21)18-19(2)22-17-10-13-20-12-8-9-16-23(20)22/h4-10,12-17,24H,1-2,11,18H2,3H3.